The second kappa shape index (κ2) is 7.21. The highest BCUT2D eigenvalue weighted by molar-refractivity contribution is 7.89. The zero-order valence-corrected chi connectivity index (χ0v) is 15.1. The van der Waals surface area contributed by atoms with Crippen LogP contribution < -0.4 is 4.72 Å². The topological polar surface area (TPSA) is 73.2 Å². The standard InChI is InChI=1S/C16H17F4N3O3S/c1-10-8-11(2-3-13(10)17)27(24,25)21-5-6-23-14-4-7-26-9-12(14)15(22-23)16(18,19)20/h2-3,8,21H,4-7,9H2,1H3. The van der Waals surface area contributed by atoms with Crippen LogP contribution in [0.5, 0.6) is 0 Å². The van der Waals surface area contributed by atoms with E-state index in [2.05, 4.69) is 9.82 Å². The number of aryl methyl sites for hydroxylation is 1. The lowest BCUT2D eigenvalue weighted by molar-refractivity contribution is -0.142. The molecule has 0 radical (unpaired) electrons. The summed E-state index contributed by atoms with van der Waals surface area (Å²) < 4.78 is 85.8. The number of hydrogen-bond donors (Lipinski definition) is 1. The molecule has 1 aliphatic heterocycles. The summed E-state index contributed by atoms with van der Waals surface area (Å²) in [5.74, 6) is -0.529. The minimum absolute atomic E-state index is 0.00855. The lowest BCUT2D eigenvalue weighted by Gasteiger charge is -2.15. The molecule has 2 heterocycles. The molecule has 0 amide bonds. The molecule has 0 fully saturated rings. The molecular formula is C16H17F4N3O3S. The highest BCUT2D eigenvalue weighted by atomic mass is 32.2. The van der Waals surface area contributed by atoms with Crippen molar-refractivity contribution in [3.8, 4) is 0 Å². The molecule has 0 saturated carbocycles. The van der Waals surface area contributed by atoms with Gasteiger partial charge in [0.25, 0.3) is 0 Å². The van der Waals surface area contributed by atoms with Crippen molar-refractivity contribution in [1.82, 2.24) is 14.5 Å². The van der Waals surface area contributed by atoms with E-state index in [1.54, 1.807) is 0 Å². The number of sulfonamides is 1. The van der Waals surface area contributed by atoms with Crippen LogP contribution in [0.25, 0.3) is 0 Å². The van der Waals surface area contributed by atoms with Gasteiger partial charge >= 0.3 is 6.18 Å². The summed E-state index contributed by atoms with van der Waals surface area (Å²) in [4.78, 5) is -0.117. The second-order valence-corrected chi connectivity index (χ2v) is 7.87. The molecule has 0 aliphatic carbocycles. The van der Waals surface area contributed by atoms with Gasteiger partial charge in [0, 0.05) is 24.2 Å². The van der Waals surface area contributed by atoms with Gasteiger partial charge in [-0.25, -0.2) is 17.5 Å². The Labute approximate surface area is 153 Å². The van der Waals surface area contributed by atoms with E-state index in [9.17, 15) is 26.0 Å². The van der Waals surface area contributed by atoms with Gasteiger partial charge in [0.2, 0.25) is 10.0 Å². The average molecular weight is 407 g/mol. The molecule has 3 rings (SSSR count). The van der Waals surface area contributed by atoms with Crippen molar-refractivity contribution < 1.29 is 30.7 Å². The normalized spacial score (nSPS) is 15.0. The van der Waals surface area contributed by atoms with Crippen LogP contribution in [0.2, 0.25) is 0 Å². The molecule has 0 unspecified atom stereocenters. The Morgan fingerprint density at radius 1 is 1.33 bits per heavy atom. The Hall–Kier alpha value is -1.98. The molecule has 27 heavy (non-hydrogen) atoms. The number of benzene rings is 1. The summed E-state index contributed by atoms with van der Waals surface area (Å²) in [6, 6.07) is 3.36. The first kappa shape index (κ1) is 19.8. The lowest BCUT2D eigenvalue weighted by atomic mass is 10.1. The Balaban J connectivity index is 1.75. The quantitative estimate of drug-likeness (QED) is 0.773. The van der Waals surface area contributed by atoms with Gasteiger partial charge in [-0.15, -0.1) is 0 Å². The molecule has 0 spiro atoms. The van der Waals surface area contributed by atoms with Gasteiger partial charge in [0.1, 0.15) is 5.82 Å². The van der Waals surface area contributed by atoms with Crippen molar-refractivity contribution in [2.75, 3.05) is 13.2 Å². The van der Waals surface area contributed by atoms with Gasteiger partial charge in [0.15, 0.2) is 5.69 Å². The Morgan fingerprint density at radius 3 is 2.74 bits per heavy atom. The van der Waals surface area contributed by atoms with Gasteiger partial charge in [0.05, 0.1) is 24.7 Å². The van der Waals surface area contributed by atoms with Crippen LogP contribution in [0, 0.1) is 12.7 Å². The van der Waals surface area contributed by atoms with Gasteiger partial charge in [-0.2, -0.15) is 18.3 Å². The molecule has 11 heteroatoms. The monoisotopic (exact) mass is 407 g/mol. The van der Waals surface area contributed by atoms with Crippen LogP contribution in [0.4, 0.5) is 17.6 Å². The summed E-state index contributed by atoms with van der Waals surface area (Å²) >= 11 is 0. The molecule has 148 valence electrons. The minimum Gasteiger partial charge on any atom is -0.376 e. The third kappa shape index (κ3) is 4.14. The van der Waals surface area contributed by atoms with Crippen LogP contribution >= 0.6 is 0 Å². The van der Waals surface area contributed by atoms with Crippen LogP contribution in [0.15, 0.2) is 23.1 Å². The van der Waals surface area contributed by atoms with Gasteiger partial charge in [-0.1, -0.05) is 0 Å². The zero-order chi connectivity index (χ0) is 19.8. The first-order valence-electron chi connectivity index (χ1n) is 8.09. The smallest absolute Gasteiger partial charge is 0.376 e. The van der Waals surface area contributed by atoms with Crippen LogP contribution in [0.3, 0.4) is 0 Å². The first-order valence-corrected chi connectivity index (χ1v) is 9.57. The molecule has 1 N–H and O–H groups in total. The van der Waals surface area contributed by atoms with Crippen molar-refractivity contribution in [3.63, 3.8) is 0 Å². The van der Waals surface area contributed by atoms with Crippen molar-refractivity contribution in [2.24, 2.45) is 0 Å². The number of nitrogens with zero attached hydrogens (tertiary/aromatic N) is 2. The number of rotatable bonds is 5. The van der Waals surface area contributed by atoms with Crippen molar-refractivity contribution in [3.05, 3.63) is 46.5 Å². The summed E-state index contributed by atoms with van der Waals surface area (Å²) in [5, 5.41) is 3.61. The lowest BCUT2D eigenvalue weighted by Crippen LogP contribution is -2.28. The first-order chi connectivity index (χ1) is 12.6. The predicted molar refractivity (Wildman–Crippen MR) is 86.9 cm³/mol. The molecule has 0 saturated heterocycles. The summed E-state index contributed by atoms with van der Waals surface area (Å²) in [5.41, 5.74) is -0.445. The van der Waals surface area contributed by atoms with E-state index in [1.807, 2.05) is 0 Å². The molecular weight excluding hydrogens is 390 g/mol. The van der Waals surface area contributed by atoms with Crippen molar-refractivity contribution >= 4 is 10.0 Å². The third-order valence-corrected chi connectivity index (χ3v) is 5.68. The number of nitrogens with one attached hydrogen (secondary N) is 1. The molecule has 6 nitrogen and oxygen atoms in total. The molecule has 1 aromatic carbocycles. The maximum atomic E-state index is 13.3. The average Bonchev–Trinajstić information content (AvgIpc) is 2.96. The third-order valence-electron chi connectivity index (χ3n) is 4.22. The van der Waals surface area contributed by atoms with Crippen LogP contribution in [0.1, 0.15) is 22.5 Å². The number of hydrogen-bond acceptors (Lipinski definition) is 4. The highest BCUT2D eigenvalue weighted by Crippen LogP contribution is 2.34. The second-order valence-electron chi connectivity index (χ2n) is 6.11. The van der Waals surface area contributed by atoms with E-state index in [1.165, 1.54) is 17.7 Å². The Kier molecular flexibility index (Phi) is 5.28. The number of aromatic nitrogens is 2. The fourth-order valence-corrected chi connectivity index (χ4v) is 3.98. The van der Waals surface area contributed by atoms with Crippen LogP contribution in [-0.4, -0.2) is 31.3 Å². The fraction of sp³-hybridized carbons (Fsp3) is 0.438. The van der Waals surface area contributed by atoms with E-state index in [-0.39, 0.29) is 48.7 Å². The maximum Gasteiger partial charge on any atom is 0.435 e. The number of halogens is 4. The van der Waals surface area contributed by atoms with Crippen LogP contribution in [-0.2, 0) is 40.5 Å². The van der Waals surface area contributed by atoms with E-state index >= 15 is 0 Å². The summed E-state index contributed by atoms with van der Waals surface area (Å²) in [7, 11) is -3.92. The Bertz CT molecular complexity index is 955. The van der Waals surface area contributed by atoms with E-state index in [0.717, 1.165) is 12.1 Å². The van der Waals surface area contributed by atoms with E-state index < -0.39 is 27.7 Å². The van der Waals surface area contributed by atoms with Gasteiger partial charge in [-0.3, -0.25) is 4.68 Å². The molecule has 1 aromatic heterocycles. The fourth-order valence-electron chi connectivity index (χ4n) is 2.87. The van der Waals surface area contributed by atoms with E-state index in [0.29, 0.717) is 5.69 Å². The van der Waals surface area contributed by atoms with Gasteiger partial charge in [-0.05, 0) is 30.7 Å². The number of ether oxygens (including phenoxy) is 1. The number of alkyl halides is 3. The molecule has 1 aliphatic rings. The van der Waals surface area contributed by atoms with Crippen molar-refractivity contribution in [1.29, 1.82) is 0 Å². The van der Waals surface area contributed by atoms with Crippen molar-refractivity contribution in [2.45, 2.75) is 37.6 Å². The molecule has 0 atom stereocenters. The van der Waals surface area contributed by atoms with Gasteiger partial charge < -0.3 is 4.74 Å². The molecule has 2 aromatic rings. The summed E-state index contributed by atoms with van der Waals surface area (Å²) in [6.45, 7) is 1.30. The molecule has 0 bridgehead atoms. The number of fused-ring (bicyclic) bond motifs is 1. The predicted octanol–water partition coefficient (Wildman–Crippen LogP) is 2.40. The summed E-state index contributed by atoms with van der Waals surface area (Å²) in [6.07, 6.45) is -4.34. The SMILES string of the molecule is Cc1cc(S(=O)(=O)NCCn2nc(C(F)(F)F)c3c2CCOC3)ccc1F. The Morgan fingerprint density at radius 2 is 2.07 bits per heavy atom. The largest absolute Gasteiger partial charge is 0.435 e. The van der Waals surface area contributed by atoms with E-state index in [4.69, 9.17) is 4.74 Å². The zero-order valence-electron chi connectivity index (χ0n) is 14.3. The minimum atomic E-state index is -4.61. The maximum absolute atomic E-state index is 13.3. The highest BCUT2D eigenvalue weighted by Gasteiger charge is 2.39.